The maximum Gasteiger partial charge on any atom is 0.125 e. The van der Waals surface area contributed by atoms with Gasteiger partial charge in [0.2, 0.25) is 0 Å². The van der Waals surface area contributed by atoms with Gasteiger partial charge >= 0.3 is 0 Å². The molecule has 21 heavy (non-hydrogen) atoms. The predicted octanol–water partition coefficient (Wildman–Crippen LogP) is 0.852. The molecule has 0 bridgehead atoms. The number of H-pyrrole nitrogens is 1. The number of aromatic amines is 1. The van der Waals surface area contributed by atoms with Crippen molar-refractivity contribution in [2.75, 3.05) is 13.1 Å². The van der Waals surface area contributed by atoms with Gasteiger partial charge in [-0.3, -0.25) is 10.00 Å². The minimum atomic E-state index is -0.298. The molecule has 112 valence electrons. The number of rotatable bonds is 4. The molecule has 3 heterocycles. The van der Waals surface area contributed by atoms with Crippen LogP contribution in [0.4, 0.5) is 0 Å². The third kappa shape index (κ3) is 3.46. The lowest BCUT2D eigenvalue weighted by atomic mass is 10.0. The van der Waals surface area contributed by atoms with Crippen LogP contribution in [0.3, 0.4) is 0 Å². The molecule has 1 fully saturated rings. The highest BCUT2D eigenvalue weighted by Gasteiger charge is 2.31. The predicted molar refractivity (Wildman–Crippen MR) is 78.6 cm³/mol. The van der Waals surface area contributed by atoms with Crippen LogP contribution in [0.2, 0.25) is 0 Å². The molecule has 2 aromatic heterocycles. The van der Waals surface area contributed by atoms with E-state index < -0.39 is 0 Å². The SMILES string of the molecule is Cc1ncc(CN2C[C@@H](Cc3cc(C)[nH]n3)[C@H](O)C2)cn1. The van der Waals surface area contributed by atoms with E-state index in [9.17, 15) is 5.11 Å². The first-order valence-electron chi connectivity index (χ1n) is 7.29. The second-order valence-corrected chi connectivity index (χ2v) is 5.91. The van der Waals surface area contributed by atoms with Gasteiger partial charge in [-0.2, -0.15) is 5.10 Å². The number of aliphatic hydroxyl groups excluding tert-OH is 1. The molecule has 2 aromatic rings. The monoisotopic (exact) mass is 287 g/mol. The Morgan fingerprint density at radius 1 is 1.29 bits per heavy atom. The maximum absolute atomic E-state index is 10.2. The molecule has 0 saturated carbocycles. The summed E-state index contributed by atoms with van der Waals surface area (Å²) >= 11 is 0. The van der Waals surface area contributed by atoms with Gasteiger partial charge in [0.1, 0.15) is 5.82 Å². The molecule has 3 rings (SSSR count). The molecule has 0 radical (unpaired) electrons. The van der Waals surface area contributed by atoms with Crippen molar-refractivity contribution in [2.45, 2.75) is 32.9 Å². The molecule has 2 atom stereocenters. The third-order valence-corrected chi connectivity index (χ3v) is 3.95. The van der Waals surface area contributed by atoms with Crippen molar-refractivity contribution < 1.29 is 5.11 Å². The average molecular weight is 287 g/mol. The molecule has 0 amide bonds. The van der Waals surface area contributed by atoms with E-state index in [1.54, 1.807) is 0 Å². The molecule has 6 heteroatoms. The quantitative estimate of drug-likeness (QED) is 0.872. The van der Waals surface area contributed by atoms with Crippen molar-refractivity contribution in [3.05, 3.63) is 41.2 Å². The van der Waals surface area contributed by atoms with Crippen LogP contribution in [-0.4, -0.2) is 49.4 Å². The lowest BCUT2D eigenvalue weighted by Gasteiger charge is -2.14. The minimum Gasteiger partial charge on any atom is -0.391 e. The largest absolute Gasteiger partial charge is 0.391 e. The van der Waals surface area contributed by atoms with Gasteiger partial charge in [0.15, 0.2) is 0 Å². The van der Waals surface area contributed by atoms with Crippen LogP contribution in [0.5, 0.6) is 0 Å². The number of aromatic nitrogens is 4. The third-order valence-electron chi connectivity index (χ3n) is 3.95. The Kier molecular flexibility index (Phi) is 3.98. The van der Waals surface area contributed by atoms with Gasteiger partial charge < -0.3 is 5.11 Å². The second kappa shape index (κ2) is 5.91. The van der Waals surface area contributed by atoms with E-state index >= 15 is 0 Å². The lowest BCUT2D eigenvalue weighted by molar-refractivity contribution is 0.140. The van der Waals surface area contributed by atoms with Crippen LogP contribution in [-0.2, 0) is 13.0 Å². The van der Waals surface area contributed by atoms with Crippen LogP contribution in [0.1, 0.15) is 22.8 Å². The normalized spacial score (nSPS) is 22.8. The Balaban J connectivity index is 1.59. The Morgan fingerprint density at radius 3 is 2.71 bits per heavy atom. The first kappa shape index (κ1) is 14.2. The van der Waals surface area contributed by atoms with Crippen LogP contribution in [0.15, 0.2) is 18.5 Å². The van der Waals surface area contributed by atoms with E-state index in [2.05, 4.69) is 25.1 Å². The molecule has 2 N–H and O–H groups in total. The molecular weight excluding hydrogens is 266 g/mol. The topological polar surface area (TPSA) is 77.9 Å². The summed E-state index contributed by atoms with van der Waals surface area (Å²) in [6.45, 7) is 6.23. The van der Waals surface area contributed by atoms with E-state index in [1.165, 1.54) is 0 Å². The summed E-state index contributed by atoms with van der Waals surface area (Å²) in [7, 11) is 0. The molecule has 0 spiro atoms. The van der Waals surface area contributed by atoms with Gasteiger partial charge in [-0.05, 0) is 26.3 Å². The fraction of sp³-hybridized carbons (Fsp3) is 0.533. The number of aliphatic hydroxyl groups is 1. The van der Waals surface area contributed by atoms with Gasteiger partial charge in [0.25, 0.3) is 0 Å². The summed E-state index contributed by atoms with van der Waals surface area (Å²) in [6.07, 6.45) is 4.23. The summed E-state index contributed by atoms with van der Waals surface area (Å²) in [5.74, 6) is 1.02. The minimum absolute atomic E-state index is 0.235. The zero-order chi connectivity index (χ0) is 14.8. The van der Waals surface area contributed by atoms with Crippen molar-refractivity contribution >= 4 is 0 Å². The molecule has 0 unspecified atom stereocenters. The average Bonchev–Trinajstić information content (AvgIpc) is 3.00. The summed E-state index contributed by atoms with van der Waals surface area (Å²) in [5.41, 5.74) is 3.17. The first-order valence-corrected chi connectivity index (χ1v) is 7.29. The highest BCUT2D eigenvalue weighted by Crippen LogP contribution is 2.22. The second-order valence-electron chi connectivity index (χ2n) is 5.91. The van der Waals surface area contributed by atoms with E-state index in [0.717, 1.165) is 42.3 Å². The number of nitrogens with one attached hydrogen (secondary N) is 1. The highest BCUT2D eigenvalue weighted by molar-refractivity contribution is 5.09. The molecule has 0 aliphatic carbocycles. The lowest BCUT2D eigenvalue weighted by Crippen LogP contribution is -2.21. The Labute approximate surface area is 124 Å². The van der Waals surface area contributed by atoms with Gasteiger partial charge in [0.05, 0.1) is 11.8 Å². The molecular formula is C15H21N5O. The van der Waals surface area contributed by atoms with Gasteiger partial charge in [-0.1, -0.05) is 0 Å². The van der Waals surface area contributed by atoms with Crippen LogP contribution in [0.25, 0.3) is 0 Å². The summed E-state index contributed by atoms with van der Waals surface area (Å²) < 4.78 is 0. The number of hydrogen-bond donors (Lipinski definition) is 2. The molecule has 0 aromatic carbocycles. The Hall–Kier alpha value is -1.79. The zero-order valence-electron chi connectivity index (χ0n) is 12.5. The molecule has 1 aliphatic rings. The summed E-state index contributed by atoms with van der Waals surface area (Å²) in [5, 5.41) is 17.4. The molecule has 1 aliphatic heterocycles. The van der Waals surface area contributed by atoms with Gasteiger partial charge in [0, 0.05) is 49.2 Å². The van der Waals surface area contributed by atoms with Crippen molar-refractivity contribution in [1.82, 2.24) is 25.1 Å². The standard InChI is InChI=1S/C15H21N5O/c1-10-3-14(19-18-10)4-13-8-20(9-15(13)21)7-12-5-16-11(2)17-6-12/h3,5-6,13,15,21H,4,7-9H2,1-2H3,(H,18,19)/t13-,15-/m1/s1. The number of aryl methyl sites for hydroxylation is 2. The van der Waals surface area contributed by atoms with E-state index in [4.69, 9.17) is 0 Å². The summed E-state index contributed by atoms with van der Waals surface area (Å²) in [6, 6.07) is 2.04. The maximum atomic E-state index is 10.2. The van der Waals surface area contributed by atoms with E-state index in [1.807, 2.05) is 32.3 Å². The van der Waals surface area contributed by atoms with Gasteiger partial charge in [-0.15, -0.1) is 0 Å². The van der Waals surface area contributed by atoms with Crippen molar-refractivity contribution in [3.8, 4) is 0 Å². The van der Waals surface area contributed by atoms with Crippen molar-refractivity contribution in [2.24, 2.45) is 5.92 Å². The fourth-order valence-corrected chi connectivity index (χ4v) is 2.88. The molecule has 6 nitrogen and oxygen atoms in total. The number of likely N-dealkylation sites (tertiary alicyclic amines) is 1. The van der Waals surface area contributed by atoms with E-state index in [-0.39, 0.29) is 12.0 Å². The van der Waals surface area contributed by atoms with Crippen molar-refractivity contribution in [3.63, 3.8) is 0 Å². The van der Waals surface area contributed by atoms with Gasteiger partial charge in [-0.25, -0.2) is 9.97 Å². The summed E-state index contributed by atoms with van der Waals surface area (Å²) in [4.78, 5) is 10.7. The van der Waals surface area contributed by atoms with Crippen LogP contribution in [0, 0.1) is 19.8 Å². The van der Waals surface area contributed by atoms with Crippen LogP contribution < -0.4 is 0 Å². The molecule has 1 saturated heterocycles. The Morgan fingerprint density at radius 2 is 2.05 bits per heavy atom. The first-order chi connectivity index (χ1) is 10.1. The van der Waals surface area contributed by atoms with Crippen LogP contribution >= 0.6 is 0 Å². The van der Waals surface area contributed by atoms with E-state index in [0.29, 0.717) is 6.54 Å². The fourth-order valence-electron chi connectivity index (χ4n) is 2.88. The zero-order valence-corrected chi connectivity index (χ0v) is 12.5. The smallest absolute Gasteiger partial charge is 0.125 e. The highest BCUT2D eigenvalue weighted by atomic mass is 16.3. The number of nitrogens with zero attached hydrogens (tertiary/aromatic N) is 4. The number of hydrogen-bond acceptors (Lipinski definition) is 5. The van der Waals surface area contributed by atoms with Crippen molar-refractivity contribution in [1.29, 1.82) is 0 Å². The number of β-amino-alcohol motifs (C(OH)–C–C–N with tert-alkyl or cyclic N) is 1. The Bertz CT molecular complexity index is 594.